The zero-order valence-corrected chi connectivity index (χ0v) is 15.5. The van der Waals surface area contributed by atoms with Gasteiger partial charge in [0.05, 0.1) is 24.9 Å². The molecule has 28 heavy (non-hydrogen) atoms. The summed E-state index contributed by atoms with van der Waals surface area (Å²) in [6, 6.07) is 9.87. The van der Waals surface area contributed by atoms with Gasteiger partial charge in [-0.05, 0) is 18.2 Å². The van der Waals surface area contributed by atoms with Crippen molar-refractivity contribution in [3.63, 3.8) is 0 Å². The summed E-state index contributed by atoms with van der Waals surface area (Å²) in [7, 11) is 2.22. The molecule has 1 heterocycles. The van der Waals surface area contributed by atoms with Crippen LogP contribution in [0.3, 0.4) is 0 Å². The number of hydrogen-bond acceptors (Lipinski definition) is 5. The molecule has 0 aliphatic rings. The third-order valence-corrected chi connectivity index (χ3v) is 4.29. The van der Waals surface area contributed by atoms with Crippen LogP contribution < -0.4 is 0 Å². The van der Waals surface area contributed by atoms with E-state index in [1.807, 2.05) is 0 Å². The Morgan fingerprint density at radius 2 is 1.68 bits per heavy atom. The minimum Gasteiger partial charge on any atom is -0.465 e. The molecule has 1 aromatic heterocycles. The van der Waals surface area contributed by atoms with Gasteiger partial charge < -0.3 is 9.47 Å². The number of ether oxygens (including phenoxy) is 2. The number of rotatable bonds is 4. The number of carbonyl (C=O) groups is 2. The molecule has 0 saturated heterocycles. The second-order valence-electron chi connectivity index (χ2n) is 5.55. The molecule has 2 aromatic carbocycles. The molecule has 0 aliphatic heterocycles. The molecule has 0 aliphatic carbocycles. The Balaban J connectivity index is 2.43. The van der Waals surface area contributed by atoms with Crippen molar-refractivity contribution in [2.45, 2.75) is 0 Å². The summed E-state index contributed by atoms with van der Waals surface area (Å²) in [5.74, 6) is -3.81. The van der Waals surface area contributed by atoms with E-state index >= 15 is 0 Å². The Kier molecular flexibility index (Phi) is 5.41. The highest BCUT2D eigenvalue weighted by Crippen LogP contribution is 2.35. The monoisotopic (exact) mass is 406 g/mol. The lowest BCUT2D eigenvalue weighted by molar-refractivity contribution is 0.0549. The molecular formula is C19H13ClF2N2O4. The van der Waals surface area contributed by atoms with E-state index < -0.39 is 28.6 Å². The fraction of sp³-hybridized carbons (Fsp3) is 0.105. The summed E-state index contributed by atoms with van der Waals surface area (Å²) in [4.78, 5) is 24.9. The molecule has 0 fully saturated rings. The van der Waals surface area contributed by atoms with Crippen LogP contribution in [-0.2, 0) is 9.47 Å². The number of benzene rings is 2. The SMILES string of the molecule is COC(=O)c1c(-c2cc(F)cc(F)c2Cl)nn(-c2ccccc2)c1C(=O)OC. The number of hydrogen-bond donors (Lipinski definition) is 0. The molecule has 0 atom stereocenters. The highest BCUT2D eigenvalue weighted by Gasteiger charge is 2.32. The van der Waals surface area contributed by atoms with E-state index in [1.165, 1.54) is 0 Å². The molecule has 3 aromatic rings. The van der Waals surface area contributed by atoms with Crippen molar-refractivity contribution in [3.05, 3.63) is 70.4 Å². The fourth-order valence-corrected chi connectivity index (χ4v) is 2.87. The highest BCUT2D eigenvalue weighted by atomic mass is 35.5. The van der Waals surface area contributed by atoms with E-state index in [0.29, 0.717) is 11.8 Å². The van der Waals surface area contributed by atoms with Crippen molar-refractivity contribution in [3.8, 4) is 16.9 Å². The molecule has 0 unspecified atom stereocenters. The summed E-state index contributed by atoms with van der Waals surface area (Å²) in [5, 5.41) is 3.77. The summed E-state index contributed by atoms with van der Waals surface area (Å²) in [5.41, 5.74) is -0.618. The van der Waals surface area contributed by atoms with Gasteiger partial charge in [-0.3, -0.25) is 0 Å². The average Bonchev–Trinajstić information content (AvgIpc) is 3.10. The van der Waals surface area contributed by atoms with Crippen molar-refractivity contribution in [1.82, 2.24) is 9.78 Å². The summed E-state index contributed by atoms with van der Waals surface area (Å²) >= 11 is 5.98. The highest BCUT2D eigenvalue weighted by molar-refractivity contribution is 6.33. The minimum absolute atomic E-state index is 0.209. The lowest BCUT2D eigenvalue weighted by Gasteiger charge is -2.07. The molecule has 144 valence electrons. The van der Waals surface area contributed by atoms with Crippen molar-refractivity contribution in [2.24, 2.45) is 0 Å². The Labute approximate surface area is 163 Å². The van der Waals surface area contributed by atoms with Crippen LogP contribution in [0.15, 0.2) is 42.5 Å². The van der Waals surface area contributed by atoms with Crippen LogP contribution in [0, 0.1) is 11.6 Å². The second kappa shape index (κ2) is 7.77. The van der Waals surface area contributed by atoms with Gasteiger partial charge >= 0.3 is 11.9 Å². The quantitative estimate of drug-likeness (QED) is 0.483. The van der Waals surface area contributed by atoms with Gasteiger partial charge in [-0.2, -0.15) is 5.10 Å². The van der Waals surface area contributed by atoms with Crippen LogP contribution in [0.1, 0.15) is 20.8 Å². The van der Waals surface area contributed by atoms with Gasteiger partial charge in [0.15, 0.2) is 5.69 Å². The predicted molar refractivity (Wildman–Crippen MR) is 96.6 cm³/mol. The van der Waals surface area contributed by atoms with Crippen molar-refractivity contribution in [2.75, 3.05) is 14.2 Å². The van der Waals surface area contributed by atoms with E-state index in [2.05, 4.69) is 5.10 Å². The normalized spacial score (nSPS) is 10.6. The summed E-state index contributed by atoms with van der Waals surface area (Å²) in [6.07, 6.45) is 0. The number of aromatic nitrogens is 2. The molecule has 0 amide bonds. The molecule has 9 heteroatoms. The van der Waals surface area contributed by atoms with Gasteiger partial charge in [0, 0.05) is 11.6 Å². The number of carbonyl (C=O) groups excluding carboxylic acids is 2. The minimum atomic E-state index is -1.04. The third kappa shape index (κ3) is 3.34. The molecule has 0 radical (unpaired) electrons. The smallest absolute Gasteiger partial charge is 0.357 e. The van der Waals surface area contributed by atoms with E-state index in [0.717, 1.165) is 25.0 Å². The topological polar surface area (TPSA) is 70.4 Å². The molecule has 6 nitrogen and oxygen atoms in total. The Morgan fingerprint density at radius 1 is 1.04 bits per heavy atom. The number of esters is 2. The Hall–Kier alpha value is -3.26. The van der Waals surface area contributed by atoms with Gasteiger partial charge in [0.1, 0.15) is 22.9 Å². The molecule has 0 saturated carbocycles. The third-order valence-electron chi connectivity index (χ3n) is 3.90. The van der Waals surface area contributed by atoms with E-state index in [9.17, 15) is 18.4 Å². The summed E-state index contributed by atoms with van der Waals surface area (Å²) < 4.78 is 38.5. The van der Waals surface area contributed by atoms with Crippen molar-refractivity contribution < 1.29 is 27.8 Å². The van der Waals surface area contributed by atoms with E-state index in [1.54, 1.807) is 30.3 Å². The number of methoxy groups -OCH3 is 2. The van der Waals surface area contributed by atoms with Crippen LogP contribution in [0.25, 0.3) is 16.9 Å². The zero-order valence-electron chi connectivity index (χ0n) is 14.7. The first-order valence-electron chi connectivity index (χ1n) is 7.89. The number of nitrogens with zero attached hydrogens (tertiary/aromatic N) is 2. The first-order chi connectivity index (χ1) is 13.4. The maximum absolute atomic E-state index is 14.0. The molecular weight excluding hydrogens is 394 g/mol. The Morgan fingerprint density at radius 3 is 2.29 bits per heavy atom. The lowest BCUT2D eigenvalue weighted by Crippen LogP contribution is -2.15. The van der Waals surface area contributed by atoms with Gasteiger partial charge in [0.2, 0.25) is 0 Å². The fourth-order valence-electron chi connectivity index (χ4n) is 2.67. The second-order valence-corrected chi connectivity index (χ2v) is 5.93. The molecule has 0 bridgehead atoms. The van der Waals surface area contributed by atoms with E-state index in [4.69, 9.17) is 21.1 Å². The number of para-hydroxylation sites is 1. The Bertz CT molecular complexity index is 1070. The van der Waals surface area contributed by atoms with E-state index in [-0.39, 0.29) is 22.5 Å². The summed E-state index contributed by atoms with van der Waals surface area (Å²) in [6.45, 7) is 0. The van der Waals surface area contributed by atoms with Gasteiger partial charge in [-0.15, -0.1) is 0 Å². The molecule has 0 N–H and O–H groups in total. The zero-order chi connectivity index (χ0) is 20.4. The molecule has 0 spiro atoms. The standard InChI is InChI=1S/C19H13ClF2N2O4/c1-27-18(25)14-16(12-8-10(21)9-13(22)15(12)20)23-24(17(14)19(26)28-2)11-6-4-3-5-7-11/h3-9H,1-2H3. The van der Waals surface area contributed by atoms with Crippen molar-refractivity contribution in [1.29, 1.82) is 0 Å². The lowest BCUT2D eigenvalue weighted by atomic mass is 10.0. The number of halogens is 3. The van der Waals surface area contributed by atoms with Crippen LogP contribution in [0.2, 0.25) is 5.02 Å². The maximum Gasteiger partial charge on any atom is 0.357 e. The largest absolute Gasteiger partial charge is 0.465 e. The predicted octanol–water partition coefficient (Wildman–Crippen LogP) is 4.04. The first kappa shape index (κ1) is 19.5. The van der Waals surface area contributed by atoms with Crippen LogP contribution >= 0.6 is 11.6 Å². The van der Waals surface area contributed by atoms with Crippen molar-refractivity contribution >= 4 is 23.5 Å². The van der Waals surface area contributed by atoms with Gasteiger partial charge in [-0.25, -0.2) is 23.1 Å². The first-order valence-corrected chi connectivity index (χ1v) is 8.26. The van der Waals surface area contributed by atoms with Crippen LogP contribution in [-0.4, -0.2) is 35.9 Å². The van der Waals surface area contributed by atoms with Gasteiger partial charge in [0.25, 0.3) is 0 Å². The molecule has 3 rings (SSSR count). The van der Waals surface area contributed by atoms with Crippen LogP contribution in [0.5, 0.6) is 0 Å². The van der Waals surface area contributed by atoms with Crippen LogP contribution in [0.4, 0.5) is 8.78 Å². The van der Waals surface area contributed by atoms with Gasteiger partial charge in [-0.1, -0.05) is 29.8 Å². The average molecular weight is 407 g/mol. The maximum atomic E-state index is 14.0.